The van der Waals surface area contributed by atoms with Crippen LogP contribution in [-0.2, 0) is 4.79 Å². The Hall–Kier alpha value is -1.09. The molecular formula is C12H15ClN2O. The Balaban J connectivity index is 2.20. The molecule has 0 aliphatic carbocycles. The SMILES string of the molecule is CCC(c1cccnc1)N1CC(Cl)CC1=O. The molecular weight excluding hydrogens is 224 g/mol. The van der Waals surface area contributed by atoms with E-state index in [0.29, 0.717) is 13.0 Å². The maximum Gasteiger partial charge on any atom is 0.224 e. The van der Waals surface area contributed by atoms with Crippen molar-refractivity contribution in [3.05, 3.63) is 30.1 Å². The lowest BCUT2D eigenvalue weighted by Gasteiger charge is -2.27. The second kappa shape index (κ2) is 4.83. The topological polar surface area (TPSA) is 33.2 Å². The van der Waals surface area contributed by atoms with Crippen LogP contribution in [0.1, 0.15) is 31.4 Å². The van der Waals surface area contributed by atoms with Gasteiger partial charge in [0.25, 0.3) is 0 Å². The highest BCUT2D eigenvalue weighted by Gasteiger charge is 2.33. The van der Waals surface area contributed by atoms with E-state index in [1.54, 1.807) is 6.20 Å². The van der Waals surface area contributed by atoms with Crippen LogP contribution < -0.4 is 0 Å². The van der Waals surface area contributed by atoms with E-state index in [1.807, 2.05) is 23.2 Å². The Morgan fingerprint density at radius 1 is 1.69 bits per heavy atom. The minimum atomic E-state index is -0.0433. The number of likely N-dealkylation sites (tertiary alicyclic amines) is 1. The highest BCUT2D eigenvalue weighted by atomic mass is 35.5. The fourth-order valence-electron chi connectivity index (χ4n) is 2.20. The van der Waals surface area contributed by atoms with Crippen LogP contribution >= 0.6 is 11.6 Å². The molecule has 1 saturated heterocycles. The summed E-state index contributed by atoms with van der Waals surface area (Å²) in [5.74, 6) is 0.149. The molecule has 3 nitrogen and oxygen atoms in total. The predicted octanol–water partition coefficient (Wildman–Crippen LogP) is 2.37. The van der Waals surface area contributed by atoms with E-state index in [9.17, 15) is 4.79 Å². The van der Waals surface area contributed by atoms with Crippen molar-refractivity contribution < 1.29 is 4.79 Å². The van der Waals surface area contributed by atoms with Gasteiger partial charge < -0.3 is 4.90 Å². The molecule has 0 spiro atoms. The standard InChI is InChI=1S/C12H15ClN2O/c1-2-11(9-4-3-5-14-7-9)15-8-10(13)6-12(15)16/h3-5,7,10-11H,2,6,8H2,1H3. The fourth-order valence-corrected chi connectivity index (χ4v) is 2.48. The second-order valence-electron chi connectivity index (χ2n) is 4.06. The Labute approximate surface area is 100 Å². The van der Waals surface area contributed by atoms with Crippen LogP contribution in [0.15, 0.2) is 24.5 Å². The van der Waals surface area contributed by atoms with Gasteiger partial charge >= 0.3 is 0 Å². The molecule has 2 rings (SSSR count). The number of hydrogen-bond acceptors (Lipinski definition) is 2. The maximum atomic E-state index is 11.8. The zero-order valence-electron chi connectivity index (χ0n) is 9.27. The number of alkyl halides is 1. The average Bonchev–Trinajstić information content (AvgIpc) is 2.61. The number of amides is 1. The number of aromatic nitrogens is 1. The maximum absolute atomic E-state index is 11.8. The lowest BCUT2D eigenvalue weighted by Crippen LogP contribution is -2.30. The van der Waals surface area contributed by atoms with E-state index in [0.717, 1.165) is 12.0 Å². The molecule has 1 aliphatic rings. The predicted molar refractivity (Wildman–Crippen MR) is 63.2 cm³/mol. The molecule has 2 unspecified atom stereocenters. The first-order valence-electron chi connectivity index (χ1n) is 5.55. The number of hydrogen-bond donors (Lipinski definition) is 0. The summed E-state index contributed by atoms with van der Waals surface area (Å²) in [6, 6.07) is 4.03. The number of rotatable bonds is 3. The molecule has 0 bridgehead atoms. The molecule has 1 aliphatic heterocycles. The number of carbonyl (C=O) groups is 1. The highest BCUT2D eigenvalue weighted by molar-refractivity contribution is 6.22. The molecule has 0 saturated carbocycles. The van der Waals surface area contributed by atoms with Gasteiger partial charge in [-0.1, -0.05) is 13.0 Å². The van der Waals surface area contributed by atoms with Gasteiger partial charge in [0.15, 0.2) is 0 Å². The third-order valence-electron chi connectivity index (χ3n) is 2.94. The minimum Gasteiger partial charge on any atom is -0.334 e. The van der Waals surface area contributed by atoms with Crippen molar-refractivity contribution in [3.8, 4) is 0 Å². The van der Waals surface area contributed by atoms with Gasteiger partial charge in [0, 0.05) is 25.4 Å². The van der Waals surface area contributed by atoms with Gasteiger partial charge in [0.05, 0.1) is 11.4 Å². The molecule has 0 N–H and O–H groups in total. The Bertz CT molecular complexity index is 369. The van der Waals surface area contributed by atoms with E-state index >= 15 is 0 Å². The second-order valence-corrected chi connectivity index (χ2v) is 4.68. The van der Waals surface area contributed by atoms with Gasteiger partial charge in [0.2, 0.25) is 5.91 Å². The number of halogens is 1. The molecule has 1 fully saturated rings. The number of pyridine rings is 1. The van der Waals surface area contributed by atoms with Crippen LogP contribution in [0.3, 0.4) is 0 Å². The Morgan fingerprint density at radius 2 is 2.50 bits per heavy atom. The lowest BCUT2D eigenvalue weighted by molar-refractivity contribution is -0.129. The fraction of sp³-hybridized carbons (Fsp3) is 0.500. The molecule has 1 amide bonds. The molecule has 0 aromatic carbocycles. The van der Waals surface area contributed by atoms with Crippen LogP contribution in [0.4, 0.5) is 0 Å². The van der Waals surface area contributed by atoms with Crippen molar-refractivity contribution in [2.24, 2.45) is 0 Å². The van der Waals surface area contributed by atoms with Crippen LogP contribution in [0.25, 0.3) is 0 Å². The molecule has 0 radical (unpaired) electrons. The van der Waals surface area contributed by atoms with Crippen LogP contribution in [0.2, 0.25) is 0 Å². The van der Waals surface area contributed by atoms with Gasteiger partial charge in [-0.2, -0.15) is 0 Å². The summed E-state index contributed by atoms with van der Waals surface area (Å²) in [5.41, 5.74) is 1.09. The third-order valence-corrected chi connectivity index (χ3v) is 3.24. The summed E-state index contributed by atoms with van der Waals surface area (Å²) in [6.45, 7) is 2.72. The Morgan fingerprint density at radius 3 is 3.00 bits per heavy atom. The molecule has 1 aromatic heterocycles. The molecule has 16 heavy (non-hydrogen) atoms. The zero-order chi connectivity index (χ0) is 11.5. The quantitative estimate of drug-likeness (QED) is 0.758. The zero-order valence-corrected chi connectivity index (χ0v) is 10.0. The number of nitrogens with zero attached hydrogens (tertiary/aromatic N) is 2. The van der Waals surface area contributed by atoms with Crippen molar-refractivity contribution in [2.45, 2.75) is 31.2 Å². The van der Waals surface area contributed by atoms with E-state index in [4.69, 9.17) is 11.6 Å². The van der Waals surface area contributed by atoms with E-state index in [2.05, 4.69) is 11.9 Å². The first-order chi connectivity index (χ1) is 7.72. The Kier molecular flexibility index (Phi) is 3.44. The normalized spacial score (nSPS) is 22.5. The summed E-state index contributed by atoms with van der Waals surface area (Å²) >= 11 is 6.01. The van der Waals surface area contributed by atoms with E-state index in [-0.39, 0.29) is 17.3 Å². The van der Waals surface area contributed by atoms with Crippen LogP contribution in [-0.4, -0.2) is 27.7 Å². The molecule has 2 heterocycles. The summed E-state index contributed by atoms with van der Waals surface area (Å²) in [7, 11) is 0. The first-order valence-corrected chi connectivity index (χ1v) is 5.99. The highest BCUT2D eigenvalue weighted by Crippen LogP contribution is 2.29. The van der Waals surface area contributed by atoms with Crippen molar-refractivity contribution in [3.63, 3.8) is 0 Å². The van der Waals surface area contributed by atoms with Crippen molar-refractivity contribution in [1.29, 1.82) is 0 Å². The lowest BCUT2D eigenvalue weighted by atomic mass is 10.1. The van der Waals surface area contributed by atoms with Gasteiger partial charge in [-0.25, -0.2) is 0 Å². The smallest absolute Gasteiger partial charge is 0.224 e. The van der Waals surface area contributed by atoms with Gasteiger partial charge in [0.1, 0.15) is 0 Å². The van der Waals surface area contributed by atoms with Gasteiger partial charge in [-0.15, -0.1) is 11.6 Å². The monoisotopic (exact) mass is 238 g/mol. The minimum absolute atomic E-state index is 0.0433. The molecule has 86 valence electrons. The summed E-state index contributed by atoms with van der Waals surface area (Å²) in [5, 5.41) is -0.0433. The van der Waals surface area contributed by atoms with Crippen molar-refractivity contribution >= 4 is 17.5 Å². The first kappa shape index (κ1) is 11.4. The summed E-state index contributed by atoms with van der Waals surface area (Å²) in [4.78, 5) is 17.7. The van der Waals surface area contributed by atoms with E-state index < -0.39 is 0 Å². The summed E-state index contributed by atoms with van der Waals surface area (Å²) < 4.78 is 0. The number of carbonyl (C=O) groups excluding carboxylic acids is 1. The summed E-state index contributed by atoms with van der Waals surface area (Å²) in [6.07, 6.45) is 4.91. The average molecular weight is 239 g/mol. The molecule has 4 heteroatoms. The van der Waals surface area contributed by atoms with Crippen LogP contribution in [0, 0.1) is 0 Å². The van der Waals surface area contributed by atoms with E-state index in [1.165, 1.54) is 0 Å². The van der Waals surface area contributed by atoms with Crippen molar-refractivity contribution in [2.75, 3.05) is 6.54 Å². The molecule has 2 atom stereocenters. The van der Waals surface area contributed by atoms with Gasteiger partial charge in [-0.05, 0) is 18.1 Å². The van der Waals surface area contributed by atoms with Crippen molar-refractivity contribution in [1.82, 2.24) is 9.88 Å². The van der Waals surface area contributed by atoms with Gasteiger partial charge in [-0.3, -0.25) is 9.78 Å². The largest absolute Gasteiger partial charge is 0.334 e. The van der Waals surface area contributed by atoms with Crippen LogP contribution in [0.5, 0.6) is 0 Å². The third kappa shape index (κ3) is 2.19. The molecule has 1 aromatic rings.